The van der Waals surface area contributed by atoms with Gasteiger partial charge in [-0.15, -0.1) is 0 Å². The zero-order valence-corrected chi connectivity index (χ0v) is 13.6. The third kappa shape index (κ3) is 3.49. The maximum absolute atomic E-state index is 12.1. The Kier molecular flexibility index (Phi) is 4.84. The topological polar surface area (TPSA) is 58.6 Å². The second kappa shape index (κ2) is 7.02. The van der Waals surface area contributed by atoms with Crippen LogP contribution in [0.3, 0.4) is 0 Å². The number of nitrogens with one attached hydrogen (secondary N) is 1. The Labute approximate surface area is 137 Å². The summed E-state index contributed by atoms with van der Waals surface area (Å²) in [4.78, 5) is 25.6. The molecule has 0 aliphatic carbocycles. The summed E-state index contributed by atoms with van der Waals surface area (Å²) in [7, 11) is 0. The zero-order chi connectivity index (χ0) is 16.2. The number of cyclic esters (lactones) is 1. The molecule has 2 aliphatic rings. The predicted molar refractivity (Wildman–Crippen MR) is 88.9 cm³/mol. The van der Waals surface area contributed by atoms with Gasteiger partial charge in [0.05, 0.1) is 6.54 Å². The fourth-order valence-corrected chi connectivity index (χ4v) is 3.26. The van der Waals surface area contributed by atoms with Crippen LogP contribution in [0.2, 0.25) is 0 Å². The highest BCUT2D eigenvalue weighted by atomic mass is 16.6. The molecule has 3 rings (SSSR count). The van der Waals surface area contributed by atoms with E-state index in [1.54, 1.807) is 11.0 Å². The van der Waals surface area contributed by atoms with Crippen LogP contribution in [0.5, 0.6) is 0 Å². The van der Waals surface area contributed by atoms with Gasteiger partial charge in [0.15, 0.2) is 0 Å². The van der Waals surface area contributed by atoms with Crippen molar-refractivity contribution >= 4 is 17.7 Å². The monoisotopic (exact) mass is 316 g/mol. The molecule has 0 spiro atoms. The van der Waals surface area contributed by atoms with Crippen molar-refractivity contribution in [2.24, 2.45) is 0 Å². The molecule has 23 heavy (non-hydrogen) atoms. The average molecular weight is 316 g/mol. The number of rotatable bonds is 6. The molecule has 124 valence electrons. The molecular weight excluding hydrogens is 292 g/mol. The van der Waals surface area contributed by atoms with E-state index in [1.165, 1.54) is 19.3 Å². The Balaban J connectivity index is 1.65. The molecule has 2 aliphatic heterocycles. The van der Waals surface area contributed by atoms with Gasteiger partial charge in [0.25, 0.3) is 5.91 Å². The first-order valence-electron chi connectivity index (χ1n) is 8.58. The molecule has 1 N–H and O–H groups in total. The molecule has 1 atom stereocenters. The number of fused-ring (bicyclic) bond motifs is 1. The van der Waals surface area contributed by atoms with Gasteiger partial charge in [-0.25, -0.2) is 4.79 Å². The second-order valence-electron chi connectivity index (χ2n) is 6.31. The van der Waals surface area contributed by atoms with Crippen molar-refractivity contribution in [3.63, 3.8) is 0 Å². The number of hydrogen-bond acceptors (Lipinski definition) is 3. The summed E-state index contributed by atoms with van der Waals surface area (Å²) in [5.74, 6) is -0.0319. The number of carbonyl (C=O) groups excluding carboxylic acids is 2. The first-order chi connectivity index (χ1) is 11.2. The standard InChI is InChI=1S/C18H24N2O3/c1-2-3-4-5-6-15-12-20(18(22)23-15)14-7-8-16-13(11-14)9-10-19-17(16)21/h7-8,11,15H,2-6,9-10,12H2,1H3,(H,19,21)/t15-/m0/s1. The van der Waals surface area contributed by atoms with E-state index in [0.29, 0.717) is 18.7 Å². The smallest absolute Gasteiger partial charge is 0.414 e. The van der Waals surface area contributed by atoms with Gasteiger partial charge in [0.2, 0.25) is 0 Å². The molecule has 2 heterocycles. The van der Waals surface area contributed by atoms with Crippen molar-refractivity contribution in [1.29, 1.82) is 0 Å². The zero-order valence-electron chi connectivity index (χ0n) is 13.6. The van der Waals surface area contributed by atoms with Crippen LogP contribution in [0.15, 0.2) is 18.2 Å². The maximum atomic E-state index is 12.1. The molecular formula is C18H24N2O3. The van der Waals surface area contributed by atoms with Gasteiger partial charge in [0, 0.05) is 17.8 Å². The normalized spacial score (nSPS) is 20.2. The Hall–Kier alpha value is -2.04. The van der Waals surface area contributed by atoms with Crippen LogP contribution >= 0.6 is 0 Å². The van der Waals surface area contributed by atoms with Gasteiger partial charge < -0.3 is 10.1 Å². The summed E-state index contributed by atoms with van der Waals surface area (Å²) in [6.07, 6.45) is 6.18. The number of anilines is 1. The predicted octanol–water partition coefficient (Wildman–Crippen LogP) is 3.27. The highest BCUT2D eigenvalue weighted by Gasteiger charge is 2.32. The SMILES string of the molecule is CCCCCC[C@H]1CN(c2ccc3c(c2)CCNC3=O)C(=O)O1. The van der Waals surface area contributed by atoms with Gasteiger partial charge in [0.1, 0.15) is 6.10 Å². The Morgan fingerprint density at radius 1 is 1.26 bits per heavy atom. The van der Waals surface area contributed by atoms with Crippen molar-refractivity contribution in [1.82, 2.24) is 5.32 Å². The average Bonchev–Trinajstić information content (AvgIpc) is 2.92. The Morgan fingerprint density at radius 3 is 2.96 bits per heavy atom. The van der Waals surface area contributed by atoms with E-state index in [9.17, 15) is 9.59 Å². The molecule has 0 bridgehead atoms. The van der Waals surface area contributed by atoms with Crippen LogP contribution in [-0.2, 0) is 11.2 Å². The molecule has 0 saturated carbocycles. The quantitative estimate of drug-likeness (QED) is 0.820. The highest BCUT2D eigenvalue weighted by Crippen LogP contribution is 2.27. The van der Waals surface area contributed by atoms with Crippen LogP contribution in [0.25, 0.3) is 0 Å². The summed E-state index contributed by atoms with van der Waals surface area (Å²) in [5, 5.41) is 2.83. The largest absolute Gasteiger partial charge is 0.444 e. The molecule has 1 fully saturated rings. The van der Waals surface area contributed by atoms with Crippen LogP contribution in [0.1, 0.15) is 54.9 Å². The number of benzene rings is 1. The first kappa shape index (κ1) is 15.8. The number of carbonyl (C=O) groups is 2. The van der Waals surface area contributed by atoms with Crippen LogP contribution in [-0.4, -0.2) is 31.2 Å². The lowest BCUT2D eigenvalue weighted by Crippen LogP contribution is -2.32. The molecule has 0 radical (unpaired) electrons. The lowest BCUT2D eigenvalue weighted by atomic mass is 9.99. The number of nitrogens with zero attached hydrogens (tertiary/aromatic N) is 1. The summed E-state index contributed by atoms with van der Waals surface area (Å²) < 4.78 is 5.48. The van der Waals surface area contributed by atoms with Gasteiger partial charge in [-0.3, -0.25) is 9.69 Å². The minimum absolute atomic E-state index is 0.0151. The number of ether oxygens (including phenoxy) is 1. The molecule has 5 nitrogen and oxygen atoms in total. The highest BCUT2D eigenvalue weighted by molar-refractivity contribution is 5.98. The number of hydrogen-bond donors (Lipinski definition) is 1. The minimum Gasteiger partial charge on any atom is -0.444 e. The second-order valence-corrected chi connectivity index (χ2v) is 6.31. The van der Waals surface area contributed by atoms with E-state index in [2.05, 4.69) is 12.2 Å². The van der Waals surface area contributed by atoms with Crippen molar-refractivity contribution in [3.8, 4) is 0 Å². The summed E-state index contributed by atoms with van der Waals surface area (Å²) in [6, 6.07) is 5.60. The third-order valence-electron chi connectivity index (χ3n) is 4.58. The molecule has 1 aromatic carbocycles. The summed E-state index contributed by atoms with van der Waals surface area (Å²) in [5.41, 5.74) is 2.55. The van der Waals surface area contributed by atoms with Crippen LogP contribution in [0, 0.1) is 0 Å². The summed E-state index contributed by atoms with van der Waals surface area (Å²) >= 11 is 0. The van der Waals surface area contributed by atoms with Crippen molar-refractivity contribution in [2.75, 3.05) is 18.0 Å². The fourth-order valence-electron chi connectivity index (χ4n) is 3.26. The van der Waals surface area contributed by atoms with Crippen molar-refractivity contribution in [3.05, 3.63) is 29.3 Å². The first-order valence-corrected chi connectivity index (χ1v) is 8.58. The van der Waals surface area contributed by atoms with Crippen LogP contribution in [0.4, 0.5) is 10.5 Å². The van der Waals surface area contributed by atoms with E-state index in [1.807, 2.05) is 12.1 Å². The van der Waals surface area contributed by atoms with Crippen molar-refractivity contribution < 1.29 is 14.3 Å². The third-order valence-corrected chi connectivity index (χ3v) is 4.58. The fraction of sp³-hybridized carbons (Fsp3) is 0.556. The molecule has 0 unspecified atom stereocenters. The van der Waals surface area contributed by atoms with E-state index in [-0.39, 0.29) is 18.1 Å². The molecule has 1 aromatic rings. The molecule has 1 saturated heterocycles. The molecule has 0 aromatic heterocycles. The van der Waals surface area contributed by atoms with Crippen LogP contribution < -0.4 is 10.2 Å². The molecule has 5 heteroatoms. The van der Waals surface area contributed by atoms with Crippen molar-refractivity contribution in [2.45, 2.75) is 51.6 Å². The lowest BCUT2D eigenvalue weighted by molar-refractivity contribution is 0.0946. The van der Waals surface area contributed by atoms with E-state index < -0.39 is 0 Å². The van der Waals surface area contributed by atoms with E-state index in [0.717, 1.165) is 30.5 Å². The molecule has 2 amide bonds. The lowest BCUT2D eigenvalue weighted by Gasteiger charge is -2.20. The number of amides is 2. The Morgan fingerprint density at radius 2 is 2.13 bits per heavy atom. The van der Waals surface area contributed by atoms with E-state index >= 15 is 0 Å². The Bertz CT molecular complexity index is 600. The van der Waals surface area contributed by atoms with Gasteiger partial charge in [-0.1, -0.05) is 26.2 Å². The summed E-state index contributed by atoms with van der Waals surface area (Å²) in [6.45, 7) is 3.45. The van der Waals surface area contributed by atoms with Gasteiger partial charge in [-0.2, -0.15) is 0 Å². The van der Waals surface area contributed by atoms with Gasteiger partial charge in [-0.05, 0) is 43.0 Å². The van der Waals surface area contributed by atoms with Gasteiger partial charge >= 0.3 is 6.09 Å². The maximum Gasteiger partial charge on any atom is 0.414 e. The number of unbranched alkanes of at least 4 members (excludes halogenated alkanes) is 3. The van der Waals surface area contributed by atoms with E-state index in [4.69, 9.17) is 4.74 Å². The minimum atomic E-state index is -0.272.